The van der Waals surface area contributed by atoms with Crippen LogP contribution in [0.1, 0.15) is 56.2 Å². The quantitative estimate of drug-likeness (QED) is 0.278. The molecular formula is C34H41ClN2O2. The molecule has 0 bridgehead atoms. The predicted octanol–water partition coefficient (Wildman–Crippen LogP) is 6.91. The number of nitrogens with zero attached hydrogens (tertiary/aromatic N) is 2. The van der Waals surface area contributed by atoms with Gasteiger partial charge in [-0.15, -0.1) is 0 Å². The fourth-order valence-electron chi connectivity index (χ4n) is 6.82. The van der Waals surface area contributed by atoms with E-state index >= 15 is 0 Å². The summed E-state index contributed by atoms with van der Waals surface area (Å²) in [4.78, 5) is 18.8. The monoisotopic (exact) mass is 544 g/mol. The van der Waals surface area contributed by atoms with Gasteiger partial charge in [0.2, 0.25) is 5.91 Å². The molecule has 1 atom stereocenters. The molecule has 0 radical (unpaired) electrons. The minimum Gasteiger partial charge on any atom is -0.370 e. The summed E-state index contributed by atoms with van der Waals surface area (Å²) in [6.07, 6.45) is 3.89. The van der Waals surface area contributed by atoms with E-state index in [0.29, 0.717) is 0 Å². The highest BCUT2D eigenvalue weighted by Gasteiger charge is 2.55. The van der Waals surface area contributed by atoms with Gasteiger partial charge in [-0.2, -0.15) is 0 Å². The fraction of sp³-hybridized carbons (Fsp3) is 0.441. The summed E-state index contributed by atoms with van der Waals surface area (Å²) in [6.45, 7) is 9.48. The molecule has 0 aromatic heterocycles. The lowest BCUT2D eigenvalue weighted by atomic mass is 9.66. The third-order valence-electron chi connectivity index (χ3n) is 8.93. The maximum Gasteiger partial charge on any atom is 0.238 e. The lowest BCUT2D eigenvalue weighted by Gasteiger charge is -2.43. The second-order valence-electron chi connectivity index (χ2n) is 11.1. The lowest BCUT2D eigenvalue weighted by molar-refractivity contribution is -0.131. The van der Waals surface area contributed by atoms with Crippen LogP contribution in [0.4, 0.5) is 0 Å². The standard InChI is InChI=1S/C34H41ClN2O2/c1-3-25-39-33(27-15-17-31(35)18-16-27)20-23-36(24-21-33)22-19-30-26-37(4-2)32(38)34(30,28-11-7-5-8-12-28)29-13-9-6-10-14-29/h5-18,30H,3-4,19-26H2,1-2H3. The van der Waals surface area contributed by atoms with Gasteiger partial charge in [0.25, 0.3) is 0 Å². The Morgan fingerprint density at radius 3 is 1.97 bits per heavy atom. The molecular weight excluding hydrogens is 504 g/mol. The van der Waals surface area contributed by atoms with E-state index in [2.05, 4.69) is 84.3 Å². The minimum absolute atomic E-state index is 0.203. The third kappa shape index (κ3) is 5.39. The zero-order valence-corrected chi connectivity index (χ0v) is 24.1. The number of likely N-dealkylation sites (N-methyl/N-ethyl adjacent to an activating group) is 1. The van der Waals surface area contributed by atoms with E-state index in [0.717, 1.165) is 81.2 Å². The van der Waals surface area contributed by atoms with Crippen LogP contribution in [-0.2, 0) is 20.5 Å². The van der Waals surface area contributed by atoms with Crippen molar-refractivity contribution in [3.8, 4) is 0 Å². The highest BCUT2D eigenvalue weighted by Crippen LogP contribution is 2.47. The van der Waals surface area contributed by atoms with E-state index in [1.165, 1.54) is 5.56 Å². The van der Waals surface area contributed by atoms with Gasteiger partial charge in [0.15, 0.2) is 0 Å². The van der Waals surface area contributed by atoms with Gasteiger partial charge in [-0.1, -0.05) is 91.3 Å². The predicted molar refractivity (Wildman–Crippen MR) is 159 cm³/mol. The molecule has 2 heterocycles. The van der Waals surface area contributed by atoms with Crippen LogP contribution >= 0.6 is 11.6 Å². The average molecular weight is 545 g/mol. The van der Waals surface area contributed by atoms with E-state index in [1.807, 2.05) is 24.3 Å². The summed E-state index contributed by atoms with van der Waals surface area (Å²) >= 11 is 6.19. The summed E-state index contributed by atoms with van der Waals surface area (Å²) in [6, 6.07) is 29.1. The first-order valence-electron chi connectivity index (χ1n) is 14.6. The molecule has 206 valence electrons. The van der Waals surface area contributed by atoms with Gasteiger partial charge in [0, 0.05) is 43.7 Å². The molecule has 2 aliphatic heterocycles. The van der Waals surface area contributed by atoms with E-state index in [9.17, 15) is 4.79 Å². The number of halogens is 1. The number of rotatable bonds is 10. The summed E-state index contributed by atoms with van der Waals surface area (Å²) in [5, 5.41) is 0.759. The van der Waals surface area contributed by atoms with Gasteiger partial charge in [-0.05, 0) is 68.0 Å². The van der Waals surface area contributed by atoms with E-state index in [4.69, 9.17) is 16.3 Å². The van der Waals surface area contributed by atoms with Crippen LogP contribution in [0.5, 0.6) is 0 Å². The Labute approximate surface area is 238 Å². The first-order valence-corrected chi connectivity index (χ1v) is 14.9. The Kier molecular flexibility index (Phi) is 8.76. The maximum absolute atomic E-state index is 14.2. The molecule has 5 rings (SSSR count). The second-order valence-corrected chi connectivity index (χ2v) is 11.5. The number of piperidine rings is 1. The molecule has 0 saturated carbocycles. The number of amides is 1. The molecule has 5 heteroatoms. The lowest BCUT2D eigenvalue weighted by Crippen LogP contribution is -2.46. The first-order chi connectivity index (χ1) is 19.0. The fourth-order valence-corrected chi connectivity index (χ4v) is 6.95. The van der Waals surface area contributed by atoms with E-state index < -0.39 is 5.41 Å². The maximum atomic E-state index is 14.2. The molecule has 0 N–H and O–H groups in total. The number of hydrogen-bond acceptors (Lipinski definition) is 3. The van der Waals surface area contributed by atoms with Crippen LogP contribution in [0.3, 0.4) is 0 Å². The summed E-state index contributed by atoms with van der Waals surface area (Å²) in [7, 11) is 0. The molecule has 4 nitrogen and oxygen atoms in total. The highest BCUT2D eigenvalue weighted by atomic mass is 35.5. The molecule has 1 unspecified atom stereocenters. The first kappa shape index (κ1) is 27.9. The van der Waals surface area contributed by atoms with Gasteiger partial charge < -0.3 is 14.5 Å². The van der Waals surface area contributed by atoms with Crippen LogP contribution in [0.15, 0.2) is 84.9 Å². The van der Waals surface area contributed by atoms with Gasteiger partial charge in [-0.3, -0.25) is 4.79 Å². The molecule has 39 heavy (non-hydrogen) atoms. The smallest absolute Gasteiger partial charge is 0.238 e. The molecule has 3 aromatic carbocycles. The van der Waals surface area contributed by atoms with Crippen LogP contribution in [0.2, 0.25) is 5.02 Å². The number of hydrogen-bond donors (Lipinski definition) is 0. The molecule has 2 saturated heterocycles. The molecule has 2 aliphatic rings. The Bertz CT molecular complexity index is 1170. The Morgan fingerprint density at radius 1 is 0.846 bits per heavy atom. The number of benzene rings is 3. The number of likely N-dealkylation sites (tertiary alicyclic amines) is 2. The van der Waals surface area contributed by atoms with Crippen molar-refractivity contribution in [2.24, 2.45) is 5.92 Å². The minimum atomic E-state index is -0.647. The zero-order valence-electron chi connectivity index (χ0n) is 23.3. The zero-order chi connectivity index (χ0) is 27.3. The molecule has 3 aromatic rings. The topological polar surface area (TPSA) is 32.8 Å². The van der Waals surface area contributed by atoms with Gasteiger partial charge in [0.05, 0.1) is 5.60 Å². The Hall–Kier alpha value is -2.66. The molecule has 2 fully saturated rings. The normalized spacial score (nSPS) is 20.8. The van der Waals surface area contributed by atoms with Crippen molar-refractivity contribution in [2.45, 2.75) is 50.5 Å². The highest BCUT2D eigenvalue weighted by molar-refractivity contribution is 6.30. The number of carbonyl (C=O) groups is 1. The van der Waals surface area contributed by atoms with Gasteiger partial charge >= 0.3 is 0 Å². The van der Waals surface area contributed by atoms with E-state index in [-0.39, 0.29) is 17.4 Å². The molecule has 0 spiro atoms. The number of carbonyl (C=O) groups excluding carboxylic acids is 1. The summed E-state index contributed by atoms with van der Waals surface area (Å²) in [5.74, 6) is 0.440. The van der Waals surface area contributed by atoms with Crippen molar-refractivity contribution in [1.29, 1.82) is 0 Å². The molecule has 0 aliphatic carbocycles. The molecule has 1 amide bonds. The SMILES string of the molecule is CCCOC1(c2ccc(Cl)cc2)CCN(CCC2CN(CC)C(=O)C2(c2ccccc2)c2ccccc2)CC1. The largest absolute Gasteiger partial charge is 0.370 e. The Morgan fingerprint density at radius 2 is 1.44 bits per heavy atom. The third-order valence-corrected chi connectivity index (χ3v) is 9.18. The van der Waals surface area contributed by atoms with Gasteiger partial charge in [-0.25, -0.2) is 0 Å². The van der Waals surface area contributed by atoms with Crippen LogP contribution in [0, 0.1) is 5.92 Å². The van der Waals surface area contributed by atoms with Crippen molar-refractivity contribution in [3.05, 3.63) is 107 Å². The number of ether oxygens (including phenoxy) is 1. The van der Waals surface area contributed by atoms with Crippen molar-refractivity contribution in [2.75, 3.05) is 39.3 Å². The van der Waals surface area contributed by atoms with Crippen LogP contribution in [0.25, 0.3) is 0 Å². The van der Waals surface area contributed by atoms with Crippen molar-refractivity contribution >= 4 is 17.5 Å². The van der Waals surface area contributed by atoms with Crippen LogP contribution in [-0.4, -0.2) is 55.0 Å². The van der Waals surface area contributed by atoms with Gasteiger partial charge in [0.1, 0.15) is 5.41 Å². The summed E-state index contributed by atoms with van der Waals surface area (Å²) in [5.41, 5.74) is 2.54. The second kappa shape index (κ2) is 12.2. The van der Waals surface area contributed by atoms with Crippen molar-refractivity contribution in [3.63, 3.8) is 0 Å². The van der Waals surface area contributed by atoms with E-state index in [1.54, 1.807) is 0 Å². The Balaban J connectivity index is 1.37. The van der Waals surface area contributed by atoms with Crippen molar-refractivity contribution in [1.82, 2.24) is 9.80 Å². The van der Waals surface area contributed by atoms with Crippen molar-refractivity contribution < 1.29 is 9.53 Å². The van der Waals surface area contributed by atoms with Crippen LogP contribution < -0.4 is 0 Å². The summed E-state index contributed by atoms with van der Waals surface area (Å²) < 4.78 is 6.54. The average Bonchev–Trinajstić information content (AvgIpc) is 3.28.